The van der Waals surface area contributed by atoms with E-state index in [1.807, 2.05) is 11.9 Å². The first-order valence-corrected chi connectivity index (χ1v) is 8.59. The minimum absolute atomic E-state index is 0.0836. The molecule has 0 aromatic carbocycles. The van der Waals surface area contributed by atoms with E-state index in [0.717, 1.165) is 38.8 Å². The number of carbonyl (C=O) groups excluding carboxylic acids is 1. The molecule has 2 heterocycles. The van der Waals surface area contributed by atoms with Gasteiger partial charge < -0.3 is 9.80 Å². The fourth-order valence-electron chi connectivity index (χ4n) is 3.38. The summed E-state index contributed by atoms with van der Waals surface area (Å²) in [6.45, 7) is 1.90. The van der Waals surface area contributed by atoms with Crippen molar-refractivity contribution >= 4 is 23.5 Å². The van der Waals surface area contributed by atoms with Crippen molar-refractivity contribution in [3.63, 3.8) is 0 Å². The summed E-state index contributed by atoms with van der Waals surface area (Å²) in [4.78, 5) is 25.5. The topological polar surface area (TPSA) is 49.3 Å². The molecule has 0 atom stereocenters. The van der Waals surface area contributed by atoms with Crippen LogP contribution in [0.5, 0.6) is 0 Å². The minimum atomic E-state index is -0.0836. The third-order valence-corrected chi connectivity index (χ3v) is 5.04. The van der Waals surface area contributed by atoms with Gasteiger partial charge in [-0.2, -0.15) is 0 Å². The first kappa shape index (κ1) is 15.5. The molecule has 6 heteroatoms. The zero-order chi connectivity index (χ0) is 15.5. The largest absolute Gasteiger partial charge is 0.341 e. The molecule has 5 nitrogen and oxygen atoms in total. The summed E-state index contributed by atoms with van der Waals surface area (Å²) in [5.74, 6) is 0.544. The van der Waals surface area contributed by atoms with Crippen molar-refractivity contribution < 1.29 is 4.79 Å². The van der Waals surface area contributed by atoms with Crippen molar-refractivity contribution in [2.24, 2.45) is 0 Å². The van der Waals surface area contributed by atoms with Gasteiger partial charge in [0, 0.05) is 26.2 Å². The maximum atomic E-state index is 12.8. The molecule has 0 radical (unpaired) electrons. The summed E-state index contributed by atoms with van der Waals surface area (Å²) in [7, 11) is 1.87. The third kappa shape index (κ3) is 3.19. The van der Waals surface area contributed by atoms with Crippen molar-refractivity contribution in [2.45, 2.75) is 51.0 Å². The van der Waals surface area contributed by atoms with Crippen LogP contribution in [0.2, 0.25) is 5.02 Å². The van der Waals surface area contributed by atoms with Gasteiger partial charge in [0.05, 0.1) is 11.2 Å². The van der Waals surface area contributed by atoms with Gasteiger partial charge >= 0.3 is 0 Å². The van der Waals surface area contributed by atoms with Crippen LogP contribution in [-0.4, -0.2) is 47.0 Å². The monoisotopic (exact) mass is 322 g/mol. The lowest BCUT2D eigenvalue weighted by atomic mass is 9.94. The molecule has 0 unspecified atom stereocenters. The molecule has 1 aliphatic heterocycles. The van der Waals surface area contributed by atoms with E-state index >= 15 is 0 Å². The summed E-state index contributed by atoms with van der Waals surface area (Å²) < 4.78 is 0. The maximum Gasteiger partial charge on any atom is 0.274 e. The predicted octanol–water partition coefficient (Wildman–Crippen LogP) is 3.13. The molecule has 0 N–H and O–H groups in total. The Labute approximate surface area is 136 Å². The predicted molar refractivity (Wildman–Crippen MR) is 87.5 cm³/mol. The van der Waals surface area contributed by atoms with E-state index < -0.39 is 0 Å². The van der Waals surface area contributed by atoms with Crippen LogP contribution in [0.15, 0.2) is 6.20 Å². The Hall–Kier alpha value is -1.36. The van der Waals surface area contributed by atoms with Crippen molar-refractivity contribution in [1.29, 1.82) is 0 Å². The van der Waals surface area contributed by atoms with E-state index in [1.165, 1.54) is 19.3 Å². The molecule has 2 aliphatic rings. The number of amides is 1. The van der Waals surface area contributed by atoms with Crippen molar-refractivity contribution in [3.05, 3.63) is 16.9 Å². The zero-order valence-electron chi connectivity index (χ0n) is 13.1. The Balaban J connectivity index is 1.79. The van der Waals surface area contributed by atoms with E-state index in [0.29, 0.717) is 22.7 Å². The Bertz CT molecular complexity index is 539. The van der Waals surface area contributed by atoms with E-state index in [9.17, 15) is 4.79 Å². The summed E-state index contributed by atoms with van der Waals surface area (Å²) >= 11 is 6.19. The summed E-state index contributed by atoms with van der Waals surface area (Å²) in [6.07, 6.45) is 9.66. The number of anilines is 1. The number of carbonyl (C=O) groups is 1. The highest BCUT2D eigenvalue weighted by Gasteiger charge is 2.26. The Morgan fingerprint density at radius 1 is 1.23 bits per heavy atom. The van der Waals surface area contributed by atoms with Crippen LogP contribution in [0.1, 0.15) is 55.4 Å². The number of hydrogen-bond acceptors (Lipinski definition) is 4. The second-order valence-electron chi connectivity index (χ2n) is 6.27. The van der Waals surface area contributed by atoms with Crippen LogP contribution in [-0.2, 0) is 0 Å². The molecule has 1 saturated heterocycles. The molecular formula is C16H23ClN4O. The molecule has 22 heavy (non-hydrogen) atoms. The second kappa shape index (κ2) is 6.82. The standard InChI is InChI=1S/C16H23ClN4O/c1-20(12-7-3-2-4-8-12)15(22)14-13(17)11-18-16(19-14)21-9-5-6-10-21/h11-12H,2-10H2,1H3. The molecule has 3 rings (SSSR count). The van der Waals surface area contributed by atoms with E-state index in [4.69, 9.17) is 11.6 Å². The summed E-state index contributed by atoms with van der Waals surface area (Å²) in [6, 6.07) is 0.308. The quantitative estimate of drug-likeness (QED) is 0.858. The number of rotatable bonds is 3. The van der Waals surface area contributed by atoms with Crippen LogP contribution in [0.25, 0.3) is 0 Å². The average molecular weight is 323 g/mol. The molecule has 1 aromatic rings. The van der Waals surface area contributed by atoms with Gasteiger partial charge in [-0.05, 0) is 25.7 Å². The number of nitrogens with zero attached hydrogens (tertiary/aromatic N) is 4. The fourth-order valence-corrected chi connectivity index (χ4v) is 3.55. The zero-order valence-corrected chi connectivity index (χ0v) is 13.8. The number of aromatic nitrogens is 2. The highest BCUT2D eigenvalue weighted by Crippen LogP contribution is 2.25. The molecule has 2 fully saturated rings. The number of halogens is 1. The Kier molecular flexibility index (Phi) is 4.81. The molecule has 1 aliphatic carbocycles. The van der Waals surface area contributed by atoms with Gasteiger partial charge in [-0.1, -0.05) is 30.9 Å². The molecule has 0 bridgehead atoms. The van der Waals surface area contributed by atoms with E-state index in [-0.39, 0.29) is 5.91 Å². The average Bonchev–Trinajstić information content (AvgIpc) is 3.09. The van der Waals surface area contributed by atoms with Gasteiger partial charge in [0.15, 0.2) is 5.69 Å². The normalized spacial score (nSPS) is 19.5. The van der Waals surface area contributed by atoms with Crippen LogP contribution >= 0.6 is 11.6 Å². The lowest BCUT2D eigenvalue weighted by Gasteiger charge is -2.31. The minimum Gasteiger partial charge on any atom is -0.341 e. The van der Waals surface area contributed by atoms with Gasteiger partial charge in [-0.25, -0.2) is 9.97 Å². The fraction of sp³-hybridized carbons (Fsp3) is 0.688. The van der Waals surface area contributed by atoms with Gasteiger partial charge in [0.2, 0.25) is 5.95 Å². The highest BCUT2D eigenvalue weighted by atomic mass is 35.5. The molecule has 1 amide bonds. The van der Waals surface area contributed by atoms with Crippen LogP contribution < -0.4 is 4.90 Å². The first-order chi connectivity index (χ1) is 10.7. The van der Waals surface area contributed by atoms with Crippen LogP contribution in [0.4, 0.5) is 5.95 Å². The molecule has 0 spiro atoms. The van der Waals surface area contributed by atoms with Crippen LogP contribution in [0, 0.1) is 0 Å². The smallest absolute Gasteiger partial charge is 0.274 e. The molecule has 1 saturated carbocycles. The highest BCUT2D eigenvalue weighted by molar-refractivity contribution is 6.33. The Morgan fingerprint density at radius 3 is 2.59 bits per heavy atom. The van der Waals surface area contributed by atoms with Crippen LogP contribution in [0.3, 0.4) is 0 Å². The molecule has 1 aromatic heterocycles. The SMILES string of the molecule is CN(C(=O)c1nc(N2CCCC2)ncc1Cl)C1CCCCC1. The van der Waals surface area contributed by atoms with Crippen molar-refractivity contribution in [2.75, 3.05) is 25.0 Å². The van der Waals surface area contributed by atoms with Gasteiger partial charge in [0.1, 0.15) is 0 Å². The molecular weight excluding hydrogens is 300 g/mol. The summed E-state index contributed by atoms with van der Waals surface area (Å²) in [5.41, 5.74) is 0.339. The second-order valence-corrected chi connectivity index (χ2v) is 6.68. The van der Waals surface area contributed by atoms with Gasteiger partial charge in [0.25, 0.3) is 5.91 Å². The van der Waals surface area contributed by atoms with Crippen molar-refractivity contribution in [1.82, 2.24) is 14.9 Å². The van der Waals surface area contributed by atoms with E-state index in [2.05, 4.69) is 14.9 Å². The maximum absolute atomic E-state index is 12.8. The van der Waals surface area contributed by atoms with Gasteiger partial charge in [-0.3, -0.25) is 4.79 Å². The third-order valence-electron chi connectivity index (χ3n) is 4.77. The van der Waals surface area contributed by atoms with Gasteiger partial charge in [-0.15, -0.1) is 0 Å². The first-order valence-electron chi connectivity index (χ1n) is 8.21. The van der Waals surface area contributed by atoms with E-state index in [1.54, 1.807) is 6.20 Å². The lowest BCUT2D eigenvalue weighted by molar-refractivity contribution is 0.0690. The summed E-state index contributed by atoms with van der Waals surface area (Å²) in [5, 5.41) is 0.343. The lowest BCUT2D eigenvalue weighted by Crippen LogP contribution is -2.39. The molecule has 120 valence electrons. The number of hydrogen-bond donors (Lipinski definition) is 0. The van der Waals surface area contributed by atoms with Crippen molar-refractivity contribution in [3.8, 4) is 0 Å². The Morgan fingerprint density at radius 2 is 1.91 bits per heavy atom.